The zero-order valence-corrected chi connectivity index (χ0v) is 17.6. The van der Waals surface area contributed by atoms with E-state index in [9.17, 15) is 22.0 Å². The van der Waals surface area contributed by atoms with E-state index in [4.69, 9.17) is 9.47 Å². The SMILES string of the molecule is COc1ccc(S(=O)(=O)N2C[C@@H](C(=O)Nc3c(F)cccc3F)Oc3ccccc32)cc1. The lowest BCUT2D eigenvalue weighted by Crippen LogP contribution is -2.49. The minimum atomic E-state index is -4.09. The Kier molecular flexibility index (Phi) is 5.70. The van der Waals surface area contributed by atoms with Crippen LogP contribution in [0.15, 0.2) is 71.6 Å². The number of benzene rings is 3. The predicted octanol–water partition coefficient (Wildman–Crippen LogP) is 3.57. The second-order valence-electron chi connectivity index (χ2n) is 6.87. The van der Waals surface area contributed by atoms with E-state index in [1.165, 1.54) is 37.4 Å². The third-order valence-electron chi connectivity index (χ3n) is 4.89. The molecule has 0 bridgehead atoms. The van der Waals surface area contributed by atoms with Crippen LogP contribution in [0.2, 0.25) is 0 Å². The summed E-state index contributed by atoms with van der Waals surface area (Å²) >= 11 is 0. The number of ether oxygens (including phenoxy) is 2. The monoisotopic (exact) mass is 460 g/mol. The van der Waals surface area contributed by atoms with E-state index in [1.807, 2.05) is 0 Å². The summed E-state index contributed by atoms with van der Waals surface area (Å²) in [5, 5.41) is 2.15. The summed E-state index contributed by atoms with van der Waals surface area (Å²) in [4.78, 5) is 12.7. The largest absolute Gasteiger partial charge is 0.497 e. The molecule has 0 radical (unpaired) electrons. The van der Waals surface area contributed by atoms with Gasteiger partial charge < -0.3 is 14.8 Å². The van der Waals surface area contributed by atoms with Crippen LogP contribution in [0.1, 0.15) is 0 Å². The lowest BCUT2D eigenvalue weighted by molar-refractivity contribution is -0.122. The molecule has 0 aromatic heterocycles. The van der Waals surface area contributed by atoms with Gasteiger partial charge in [0.25, 0.3) is 15.9 Å². The summed E-state index contributed by atoms with van der Waals surface area (Å²) in [6.45, 7) is -0.396. The number of rotatable bonds is 5. The van der Waals surface area contributed by atoms with Crippen LogP contribution >= 0.6 is 0 Å². The number of carbonyl (C=O) groups excluding carboxylic acids is 1. The van der Waals surface area contributed by atoms with Gasteiger partial charge in [0.15, 0.2) is 6.10 Å². The fraction of sp³-hybridized carbons (Fsp3) is 0.136. The second-order valence-corrected chi connectivity index (χ2v) is 8.73. The highest BCUT2D eigenvalue weighted by Crippen LogP contribution is 2.37. The van der Waals surface area contributed by atoms with Gasteiger partial charge >= 0.3 is 0 Å². The zero-order chi connectivity index (χ0) is 22.9. The normalized spacial score (nSPS) is 15.5. The minimum Gasteiger partial charge on any atom is -0.497 e. The van der Waals surface area contributed by atoms with E-state index in [-0.39, 0.29) is 16.3 Å². The lowest BCUT2D eigenvalue weighted by Gasteiger charge is -2.34. The van der Waals surface area contributed by atoms with E-state index < -0.39 is 45.9 Å². The molecular weight excluding hydrogens is 442 g/mol. The first-order chi connectivity index (χ1) is 15.3. The number of anilines is 2. The van der Waals surface area contributed by atoms with Crippen LogP contribution in [0.25, 0.3) is 0 Å². The predicted molar refractivity (Wildman–Crippen MR) is 113 cm³/mol. The number of fused-ring (bicyclic) bond motifs is 1. The molecule has 4 rings (SSSR count). The van der Waals surface area contributed by atoms with Crippen molar-refractivity contribution in [1.82, 2.24) is 0 Å². The molecule has 0 saturated carbocycles. The molecule has 1 aliphatic heterocycles. The average Bonchev–Trinajstić information content (AvgIpc) is 2.80. The van der Waals surface area contributed by atoms with Crippen molar-refractivity contribution in [3.8, 4) is 11.5 Å². The molecule has 1 aliphatic rings. The Morgan fingerprint density at radius 3 is 2.34 bits per heavy atom. The van der Waals surface area contributed by atoms with Crippen molar-refractivity contribution in [2.45, 2.75) is 11.0 Å². The molecule has 1 amide bonds. The Balaban J connectivity index is 1.68. The summed E-state index contributed by atoms with van der Waals surface area (Å²) in [7, 11) is -2.62. The van der Waals surface area contributed by atoms with Crippen LogP contribution in [0.5, 0.6) is 11.5 Å². The summed E-state index contributed by atoms with van der Waals surface area (Å²) < 4.78 is 66.4. The van der Waals surface area contributed by atoms with Crippen molar-refractivity contribution in [3.05, 3.63) is 78.4 Å². The Hall–Kier alpha value is -3.66. The Bertz CT molecular complexity index is 1250. The fourth-order valence-electron chi connectivity index (χ4n) is 3.26. The molecule has 166 valence electrons. The number of carbonyl (C=O) groups is 1. The van der Waals surface area contributed by atoms with Crippen LogP contribution in [0.3, 0.4) is 0 Å². The number of sulfonamides is 1. The second kappa shape index (κ2) is 8.46. The van der Waals surface area contributed by atoms with Gasteiger partial charge in [0.1, 0.15) is 28.8 Å². The molecule has 0 unspecified atom stereocenters. The maximum Gasteiger partial charge on any atom is 0.267 e. The Morgan fingerprint density at radius 2 is 1.69 bits per heavy atom. The summed E-state index contributed by atoms with van der Waals surface area (Å²) in [5.41, 5.74) is -0.394. The summed E-state index contributed by atoms with van der Waals surface area (Å²) in [6.07, 6.45) is -1.35. The summed E-state index contributed by atoms with van der Waals surface area (Å²) in [6, 6.07) is 15.2. The number of nitrogens with zero attached hydrogens (tertiary/aromatic N) is 1. The number of methoxy groups -OCH3 is 1. The first kappa shape index (κ1) is 21.6. The highest BCUT2D eigenvalue weighted by Gasteiger charge is 2.37. The van der Waals surface area contributed by atoms with Gasteiger partial charge in [-0.25, -0.2) is 17.2 Å². The van der Waals surface area contributed by atoms with Gasteiger partial charge in [-0.1, -0.05) is 18.2 Å². The van der Waals surface area contributed by atoms with Gasteiger partial charge in [0.2, 0.25) is 0 Å². The van der Waals surface area contributed by atoms with Crippen molar-refractivity contribution >= 4 is 27.3 Å². The molecule has 3 aromatic rings. The van der Waals surface area contributed by atoms with Gasteiger partial charge in [-0.2, -0.15) is 0 Å². The number of hydrogen-bond donors (Lipinski definition) is 1. The highest BCUT2D eigenvalue weighted by molar-refractivity contribution is 7.92. The Labute approximate surface area is 183 Å². The van der Waals surface area contributed by atoms with Gasteiger partial charge in [-0.3, -0.25) is 9.10 Å². The Morgan fingerprint density at radius 1 is 1.03 bits per heavy atom. The lowest BCUT2D eigenvalue weighted by atomic mass is 10.2. The van der Waals surface area contributed by atoms with E-state index >= 15 is 0 Å². The van der Waals surface area contributed by atoms with Crippen molar-refractivity contribution in [2.75, 3.05) is 23.3 Å². The smallest absolute Gasteiger partial charge is 0.267 e. The van der Waals surface area contributed by atoms with Crippen molar-refractivity contribution < 1.29 is 31.5 Å². The molecule has 0 fully saturated rings. The fourth-order valence-corrected chi connectivity index (χ4v) is 4.74. The molecule has 7 nitrogen and oxygen atoms in total. The van der Waals surface area contributed by atoms with Crippen LogP contribution in [-0.2, 0) is 14.8 Å². The molecule has 32 heavy (non-hydrogen) atoms. The van der Waals surface area contributed by atoms with Gasteiger partial charge in [0.05, 0.1) is 24.2 Å². The van der Waals surface area contributed by atoms with Crippen LogP contribution in [0.4, 0.5) is 20.2 Å². The number of para-hydroxylation sites is 3. The zero-order valence-electron chi connectivity index (χ0n) is 16.8. The molecule has 1 N–H and O–H groups in total. The molecule has 0 saturated heterocycles. The van der Waals surface area contributed by atoms with Crippen molar-refractivity contribution in [2.24, 2.45) is 0 Å². The van der Waals surface area contributed by atoms with Crippen LogP contribution < -0.4 is 19.1 Å². The number of nitrogens with one attached hydrogen (secondary N) is 1. The molecule has 0 spiro atoms. The van der Waals surface area contributed by atoms with Crippen molar-refractivity contribution in [3.63, 3.8) is 0 Å². The van der Waals surface area contributed by atoms with E-state index in [2.05, 4.69) is 5.32 Å². The van der Waals surface area contributed by atoms with E-state index in [0.717, 1.165) is 22.5 Å². The number of halogens is 2. The average molecular weight is 460 g/mol. The quantitative estimate of drug-likeness (QED) is 0.629. The molecule has 3 aromatic carbocycles. The molecule has 1 heterocycles. The molecule has 10 heteroatoms. The topological polar surface area (TPSA) is 84.9 Å². The van der Waals surface area contributed by atoms with E-state index in [0.29, 0.717) is 5.75 Å². The molecule has 0 aliphatic carbocycles. The number of hydrogen-bond acceptors (Lipinski definition) is 5. The first-order valence-electron chi connectivity index (χ1n) is 9.48. The molecular formula is C22H18F2N2O5S. The third-order valence-corrected chi connectivity index (χ3v) is 6.68. The summed E-state index contributed by atoms with van der Waals surface area (Å²) in [5.74, 6) is -2.19. The van der Waals surface area contributed by atoms with Gasteiger partial charge in [-0.05, 0) is 48.5 Å². The van der Waals surface area contributed by atoms with Gasteiger partial charge in [-0.15, -0.1) is 0 Å². The maximum absolute atomic E-state index is 14.0. The van der Waals surface area contributed by atoms with Crippen molar-refractivity contribution in [1.29, 1.82) is 0 Å². The standard InChI is InChI=1S/C22H18F2N2O5S/c1-30-14-9-11-15(12-10-14)32(28,29)26-13-20(31-19-8-3-2-7-18(19)26)22(27)25-21-16(23)5-4-6-17(21)24/h2-12,20H,13H2,1H3,(H,25,27)/t20-/m0/s1. The van der Waals surface area contributed by atoms with Crippen LogP contribution in [-0.4, -0.2) is 34.1 Å². The highest BCUT2D eigenvalue weighted by atomic mass is 32.2. The van der Waals surface area contributed by atoms with E-state index in [1.54, 1.807) is 18.2 Å². The molecule has 1 atom stereocenters. The maximum atomic E-state index is 14.0. The van der Waals surface area contributed by atoms with Crippen LogP contribution in [0, 0.1) is 11.6 Å². The third kappa shape index (κ3) is 3.96. The first-order valence-corrected chi connectivity index (χ1v) is 10.9. The van der Waals surface area contributed by atoms with Gasteiger partial charge in [0, 0.05) is 0 Å². The minimum absolute atomic E-state index is 0.0192. The number of amides is 1.